The summed E-state index contributed by atoms with van der Waals surface area (Å²) in [6.45, 7) is 7.19. The van der Waals surface area contributed by atoms with Crippen molar-refractivity contribution in [3.05, 3.63) is 58.1 Å². The molecule has 2 rings (SSSR count). The SMILES string of the molecule is CCN(c1ccc(C)cc1)c1ccc(C(C)N)c(Br)c1. The van der Waals surface area contributed by atoms with Crippen LogP contribution in [0.5, 0.6) is 0 Å². The van der Waals surface area contributed by atoms with Crippen LogP contribution in [0.4, 0.5) is 11.4 Å². The highest BCUT2D eigenvalue weighted by Gasteiger charge is 2.11. The van der Waals surface area contributed by atoms with Gasteiger partial charge >= 0.3 is 0 Å². The third-order valence-electron chi connectivity index (χ3n) is 3.45. The van der Waals surface area contributed by atoms with E-state index in [1.165, 1.54) is 16.9 Å². The zero-order chi connectivity index (χ0) is 14.7. The smallest absolute Gasteiger partial charge is 0.0422 e. The number of hydrogen-bond donors (Lipinski definition) is 1. The number of aryl methyl sites for hydroxylation is 1. The lowest BCUT2D eigenvalue weighted by Gasteiger charge is -2.24. The van der Waals surface area contributed by atoms with E-state index in [0.29, 0.717) is 0 Å². The maximum absolute atomic E-state index is 5.96. The molecule has 0 bridgehead atoms. The Balaban J connectivity index is 2.37. The Labute approximate surface area is 129 Å². The number of nitrogens with zero attached hydrogens (tertiary/aromatic N) is 1. The van der Waals surface area contributed by atoms with Crippen molar-refractivity contribution in [3.63, 3.8) is 0 Å². The summed E-state index contributed by atoms with van der Waals surface area (Å²) < 4.78 is 1.07. The second kappa shape index (κ2) is 6.42. The third-order valence-corrected chi connectivity index (χ3v) is 4.13. The zero-order valence-corrected chi connectivity index (χ0v) is 13.8. The molecule has 0 aliphatic heterocycles. The Kier molecular flexibility index (Phi) is 4.84. The van der Waals surface area contributed by atoms with Gasteiger partial charge in [-0.05, 0) is 50.6 Å². The van der Waals surface area contributed by atoms with Gasteiger partial charge in [-0.1, -0.05) is 39.7 Å². The molecule has 0 aliphatic carbocycles. The summed E-state index contributed by atoms with van der Waals surface area (Å²) >= 11 is 3.62. The van der Waals surface area contributed by atoms with E-state index in [9.17, 15) is 0 Å². The van der Waals surface area contributed by atoms with E-state index in [-0.39, 0.29) is 6.04 Å². The molecule has 0 saturated heterocycles. The van der Waals surface area contributed by atoms with Crippen molar-refractivity contribution < 1.29 is 0 Å². The van der Waals surface area contributed by atoms with E-state index in [2.05, 4.69) is 77.1 Å². The molecule has 0 saturated carbocycles. The van der Waals surface area contributed by atoms with Crippen LogP contribution in [0.15, 0.2) is 46.9 Å². The molecular weight excluding hydrogens is 312 g/mol. The van der Waals surface area contributed by atoms with Crippen molar-refractivity contribution in [1.29, 1.82) is 0 Å². The summed E-state index contributed by atoms with van der Waals surface area (Å²) in [6.07, 6.45) is 0. The van der Waals surface area contributed by atoms with Crippen molar-refractivity contribution in [1.82, 2.24) is 0 Å². The van der Waals surface area contributed by atoms with Crippen molar-refractivity contribution >= 4 is 27.3 Å². The van der Waals surface area contributed by atoms with E-state index >= 15 is 0 Å². The highest BCUT2D eigenvalue weighted by molar-refractivity contribution is 9.10. The summed E-state index contributed by atoms with van der Waals surface area (Å²) in [5.41, 5.74) is 10.7. The fourth-order valence-electron chi connectivity index (χ4n) is 2.29. The first kappa shape index (κ1) is 15.1. The number of nitrogens with two attached hydrogens (primary N) is 1. The van der Waals surface area contributed by atoms with Gasteiger partial charge in [-0.3, -0.25) is 0 Å². The minimum atomic E-state index is 0.0351. The van der Waals surface area contributed by atoms with Gasteiger partial charge < -0.3 is 10.6 Å². The van der Waals surface area contributed by atoms with Crippen LogP contribution in [-0.2, 0) is 0 Å². The summed E-state index contributed by atoms with van der Waals surface area (Å²) in [6, 6.07) is 15.0. The zero-order valence-electron chi connectivity index (χ0n) is 12.2. The molecule has 0 fully saturated rings. The molecule has 2 N–H and O–H groups in total. The normalized spacial score (nSPS) is 12.2. The monoisotopic (exact) mass is 332 g/mol. The minimum absolute atomic E-state index is 0.0351. The average molecular weight is 333 g/mol. The fraction of sp³-hybridized carbons (Fsp3) is 0.294. The summed E-state index contributed by atoms with van der Waals surface area (Å²) in [5.74, 6) is 0. The van der Waals surface area contributed by atoms with Crippen LogP contribution in [0.25, 0.3) is 0 Å². The van der Waals surface area contributed by atoms with Crippen LogP contribution in [0, 0.1) is 6.92 Å². The van der Waals surface area contributed by atoms with Gasteiger partial charge in [-0.15, -0.1) is 0 Å². The molecule has 2 nitrogen and oxygen atoms in total. The van der Waals surface area contributed by atoms with Gasteiger partial charge in [-0.2, -0.15) is 0 Å². The van der Waals surface area contributed by atoms with Gasteiger partial charge in [0.1, 0.15) is 0 Å². The van der Waals surface area contributed by atoms with Crippen LogP contribution < -0.4 is 10.6 Å². The average Bonchev–Trinajstić information content (AvgIpc) is 2.41. The van der Waals surface area contributed by atoms with Crippen LogP contribution in [-0.4, -0.2) is 6.54 Å². The topological polar surface area (TPSA) is 29.3 Å². The quantitative estimate of drug-likeness (QED) is 0.859. The van der Waals surface area contributed by atoms with Gasteiger partial charge in [0, 0.05) is 28.4 Å². The molecule has 0 spiro atoms. The maximum Gasteiger partial charge on any atom is 0.0422 e. The second-order valence-electron chi connectivity index (χ2n) is 5.07. The Morgan fingerprint density at radius 3 is 2.20 bits per heavy atom. The Morgan fingerprint density at radius 1 is 1.10 bits per heavy atom. The molecule has 0 aromatic heterocycles. The van der Waals surface area contributed by atoms with Crippen molar-refractivity contribution in [3.8, 4) is 0 Å². The van der Waals surface area contributed by atoms with E-state index in [1.54, 1.807) is 0 Å². The second-order valence-corrected chi connectivity index (χ2v) is 5.93. The lowest BCUT2D eigenvalue weighted by atomic mass is 10.1. The minimum Gasteiger partial charge on any atom is -0.342 e. The molecule has 106 valence electrons. The summed E-state index contributed by atoms with van der Waals surface area (Å²) in [5, 5.41) is 0. The van der Waals surface area contributed by atoms with E-state index in [4.69, 9.17) is 5.73 Å². The highest BCUT2D eigenvalue weighted by Crippen LogP contribution is 2.31. The predicted octanol–water partition coefficient (Wildman–Crippen LogP) is 4.94. The summed E-state index contributed by atoms with van der Waals surface area (Å²) in [7, 11) is 0. The molecule has 2 aromatic rings. The lowest BCUT2D eigenvalue weighted by molar-refractivity contribution is 0.813. The fourth-order valence-corrected chi connectivity index (χ4v) is 3.02. The van der Waals surface area contributed by atoms with Gasteiger partial charge in [0.15, 0.2) is 0 Å². The van der Waals surface area contributed by atoms with Gasteiger partial charge in [0.25, 0.3) is 0 Å². The van der Waals surface area contributed by atoms with Gasteiger partial charge in [-0.25, -0.2) is 0 Å². The van der Waals surface area contributed by atoms with Gasteiger partial charge in [0.2, 0.25) is 0 Å². The Hall–Kier alpha value is -1.32. The van der Waals surface area contributed by atoms with Crippen LogP contribution in [0.2, 0.25) is 0 Å². The predicted molar refractivity (Wildman–Crippen MR) is 90.6 cm³/mol. The highest BCUT2D eigenvalue weighted by atomic mass is 79.9. The van der Waals surface area contributed by atoms with E-state index < -0.39 is 0 Å². The van der Waals surface area contributed by atoms with Crippen LogP contribution in [0.1, 0.15) is 31.0 Å². The number of halogens is 1. The first-order valence-corrected chi connectivity index (χ1v) is 7.71. The van der Waals surface area contributed by atoms with Crippen molar-refractivity contribution in [2.45, 2.75) is 26.8 Å². The standard InChI is InChI=1S/C17H21BrN2/c1-4-20(14-7-5-12(2)6-8-14)15-9-10-16(13(3)19)17(18)11-15/h5-11,13H,4,19H2,1-3H3. The number of rotatable bonds is 4. The molecule has 0 heterocycles. The third kappa shape index (κ3) is 3.22. The number of anilines is 2. The molecule has 1 unspecified atom stereocenters. The van der Waals surface area contributed by atoms with Crippen molar-refractivity contribution in [2.24, 2.45) is 5.73 Å². The number of benzene rings is 2. The molecule has 0 amide bonds. The lowest BCUT2D eigenvalue weighted by Crippen LogP contribution is -2.16. The van der Waals surface area contributed by atoms with E-state index in [1.807, 2.05) is 6.92 Å². The van der Waals surface area contributed by atoms with Gasteiger partial charge in [0.05, 0.1) is 0 Å². The molecule has 3 heteroatoms. The molecule has 2 aromatic carbocycles. The van der Waals surface area contributed by atoms with Crippen molar-refractivity contribution in [2.75, 3.05) is 11.4 Å². The Morgan fingerprint density at radius 2 is 1.70 bits per heavy atom. The van der Waals surface area contributed by atoms with Crippen LogP contribution >= 0.6 is 15.9 Å². The number of hydrogen-bond acceptors (Lipinski definition) is 2. The molecule has 0 radical (unpaired) electrons. The summed E-state index contributed by atoms with van der Waals surface area (Å²) in [4.78, 5) is 2.29. The molecular formula is C17H21BrN2. The van der Waals surface area contributed by atoms with Crippen LogP contribution in [0.3, 0.4) is 0 Å². The maximum atomic E-state index is 5.96. The molecule has 20 heavy (non-hydrogen) atoms. The molecule has 1 atom stereocenters. The first-order chi connectivity index (χ1) is 9.52. The Bertz CT molecular complexity index is 576. The largest absolute Gasteiger partial charge is 0.342 e. The first-order valence-electron chi connectivity index (χ1n) is 6.92. The molecule has 0 aliphatic rings. The van der Waals surface area contributed by atoms with E-state index in [0.717, 1.165) is 16.6 Å².